The molecule has 15 heavy (non-hydrogen) atoms. The molecule has 0 aromatic carbocycles. The summed E-state index contributed by atoms with van der Waals surface area (Å²) < 4.78 is 10.9. The molecule has 1 aliphatic rings. The number of hydrogen-bond donors (Lipinski definition) is 1. The molecule has 0 spiro atoms. The first kappa shape index (κ1) is 12.9. The van der Waals surface area contributed by atoms with Gasteiger partial charge in [0.2, 0.25) is 0 Å². The fourth-order valence-electron chi connectivity index (χ4n) is 1.69. The molecule has 0 bridgehead atoms. The minimum atomic E-state index is 0.374. The van der Waals surface area contributed by atoms with Crippen LogP contribution >= 0.6 is 0 Å². The van der Waals surface area contributed by atoms with Crippen LogP contribution in [0.4, 0.5) is 0 Å². The van der Waals surface area contributed by atoms with Gasteiger partial charge in [0, 0.05) is 19.3 Å². The normalized spacial score (nSPS) is 21.4. The van der Waals surface area contributed by atoms with Gasteiger partial charge in [-0.15, -0.1) is 0 Å². The highest BCUT2D eigenvalue weighted by molar-refractivity contribution is 4.62. The second kappa shape index (κ2) is 8.08. The molecule has 0 aromatic heterocycles. The summed E-state index contributed by atoms with van der Waals surface area (Å²) in [5.41, 5.74) is 0. The van der Waals surface area contributed by atoms with Crippen LogP contribution in [0.2, 0.25) is 0 Å². The number of nitrogens with one attached hydrogen (secondary N) is 1. The van der Waals surface area contributed by atoms with E-state index in [1.807, 2.05) is 0 Å². The molecule has 0 aromatic rings. The first-order valence-corrected chi connectivity index (χ1v) is 6.22. The van der Waals surface area contributed by atoms with Crippen LogP contribution in [0.1, 0.15) is 39.5 Å². The van der Waals surface area contributed by atoms with Gasteiger partial charge in [0.15, 0.2) is 0 Å². The van der Waals surface area contributed by atoms with Crippen LogP contribution < -0.4 is 5.32 Å². The van der Waals surface area contributed by atoms with Gasteiger partial charge >= 0.3 is 0 Å². The third kappa shape index (κ3) is 6.88. The lowest BCUT2D eigenvalue weighted by molar-refractivity contribution is 0.0406. The van der Waals surface area contributed by atoms with E-state index in [0.717, 1.165) is 32.8 Å². The van der Waals surface area contributed by atoms with Crippen molar-refractivity contribution in [2.24, 2.45) is 0 Å². The van der Waals surface area contributed by atoms with Crippen LogP contribution in [0.5, 0.6) is 0 Å². The minimum Gasteiger partial charge on any atom is -0.379 e. The van der Waals surface area contributed by atoms with Crippen molar-refractivity contribution < 1.29 is 9.47 Å². The molecule has 0 radical (unpaired) electrons. The highest BCUT2D eigenvalue weighted by Gasteiger charge is 2.14. The third-order valence-corrected chi connectivity index (χ3v) is 2.62. The quantitative estimate of drug-likeness (QED) is 0.628. The van der Waals surface area contributed by atoms with Crippen molar-refractivity contribution >= 4 is 0 Å². The zero-order chi connectivity index (χ0) is 10.9. The summed E-state index contributed by atoms with van der Waals surface area (Å²) in [6, 6.07) is 0.608. The molecule has 1 unspecified atom stereocenters. The Morgan fingerprint density at radius 1 is 1.33 bits per heavy atom. The second-order valence-corrected chi connectivity index (χ2v) is 4.53. The maximum Gasteiger partial charge on any atom is 0.0830 e. The fraction of sp³-hybridized carbons (Fsp3) is 1.00. The molecule has 1 fully saturated rings. The van der Waals surface area contributed by atoms with E-state index in [1.165, 1.54) is 19.3 Å². The van der Waals surface area contributed by atoms with Crippen molar-refractivity contribution in [3.8, 4) is 0 Å². The Bertz CT molecular complexity index is 145. The Kier molecular flexibility index (Phi) is 6.98. The lowest BCUT2D eigenvalue weighted by Gasteiger charge is -2.10. The lowest BCUT2D eigenvalue weighted by Crippen LogP contribution is -2.23. The van der Waals surface area contributed by atoms with Crippen molar-refractivity contribution in [3.05, 3.63) is 0 Å². The highest BCUT2D eigenvalue weighted by Crippen LogP contribution is 2.08. The van der Waals surface area contributed by atoms with E-state index in [-0.39, 0.29) is 0 Å². The zero-order valence-electron chi connectivity index (χ0n) is 10.1. The summed E-state index contributed by atoms with van der Waals surface area (Å²) in [5.74, 6) is 0. The highest BCUT2D eigenvalue weighted by atomic mass is 16.5. The average molecular weight is 215 g/mol. The van der Waals surface area contributed by atoms with E-state index in [9.17, 15) is 0 Å². The van der Waals surface area contributed by atoms with Crippen molar-refractivity contribution in [2.75, 3.05) is 26.4 Å². The van der Waals surface area contributed by atoms with Gasteiger partial charge < -0.3 is 14.8 Å². The molecular weight excluding hydrogens is 190 g/mol. The molecule has 1 aliphatic heterocycles. The van der Waals surface area contributed by atoms with Crippen LogP contribution in [-0.4, -0.2) is 38.5 Å². The van der Waals surface area contributed by atoms with E-state index in [0.29, 0.717) is 12.1 Å². The fourth-order valence-corrected chi connectivity index (χ4v) is 1.69. The maximum atomic E-state index is 5.69. The summed E-state index contributed by atoms with van der Waals surface area (Å²) >= 11 is 0. The Balaban J connectivity index is 1.76. The van der Waals surface area contributed by atoms with Crippen molar-refractivity contribution in [2.45, 2.75) is 51.7 Å². The predicted octanol–water partition coefficient (Wildman–Crippen LogP) is 1.96. The van der Waals surface area contributed by atoms with Crippen molar-refractivity contribution in [1.29, 1.82) is 0 Å². The summed E-state index contributed by atoms with van der Waals surface area (Å²) in [6.07, 6.45) is 5.14. The molecule has 1 saturated heterocycles. The molecule has 1 N–H and O–H groups in total. The minimum absolute atomic E-state index is 0.374. The average Bonchev–Trinajstić information content (AvgIpc) is 2.68. The monoisotopic (exact) mass is 215 g/mol. The van der Waals surface area contributed by atoms with Crippen LogP contribution in [0.15, 0.2) is 0 Å². The van der Waals surface area contributed by atoms with Crippen LogP contribution in [0, 0.1) is 0 Å². The molecule has 0 amide bonds. The maximum absolute atomic E-state index is 5.69. The van der Waals surface area contributed by atoms with Gasteiger partial charge in [-0.1, -0.05) is 13.8 Å². The topological polar surface area (TPSA) is 30.5 Å². The van der Waals surface area contributed by atoms with Crippen LogP contribution in [0.25, 0.3) is 0 Å². The number of hydrogen-bond acceptors (Lipinski definition) is 3. The molecule has 1 rings (SSSR count). The SMILES string of the molecule is CC(C)NCCCCCOC1CCOC1. The number of unbranched alkanes of at least 4 members (excludes halogenated alkanes) is 2. The second-order valence-electron chi connectivity index (χ2n) is 4.53. The zero-order valence-corrected chi connectivity index (χ0v) is 10.1. The molecule has 90 valence electrons. The van der Waals surface area contributed by atoms with Gasteiger partial charge in [0.1, 0.15) is 0 Å². The van der Waals surface area contributed by atoms with Crippen LogP contribution in [0.3, 0.4) is 0 Å². The largest absolute Gasteiger partial charge is 0.379 e. The number of rotatable bonds is 8. The Hall–Kier alpha value is -0.120. The summed E-state index contributed by atoms with van der Waals surface area (Å²) in [6.45, 7) is 8.07. The van der Waals surface area contributed by atoms with Gasteiger partial charge in [0.25, 0.3) is 0 Å². The summed E-state index contributed by atoms with van der Waals surface area (Å²) in [4.78, 5) is 0. The summed E-state index contributed by atoms with van der Waals surface area (Å²) in [7, 11) is 0. The molecule has 1 atom stereocenters. The van der Waals surface area contributed by atoms with Gasteiger partial charge in [-0.2, -0.15) is 0 Å². The molecule has 3 heteroatoms. The van der Waals surface area contributed by atoms with E-state index >= 15 is 0 Å². The molecular formula is C12H25NO2. The van der Waals surface area contributed by atoms with E-state index in [1.54, 1.807) is 0 Å². The third-order valence-electron chi connectivity index (χ3n) is 2.62. The van der Waals surface area contributed by atoms with Crippen LogP contribution in [-0.2, 0) is 9.47 Å². The molecule has 0 saturated carbocycles. The first-order valence-electron chi connectivity index (χ1n) is 6.22. The van der Waals surface area contributed by atoms with Crippen molar-refractivity contribution in [3.63, 3.8) is 0 Å². The lowest BCUT2D eigenvalue weighted by atomic mass is 10.2. The molecule has 0 aliphatic carbocycles. The van der Waals surface area contributed by atoms with E-state index in [2.05, 4.69) is 19.2 Å². The van der Waals surface area contributed by atoms with Gasteiger partial charge in [-0.05, 0) is 32.2 Å². The van der Waals surface area contributed by atoms with E-state index in [4.69, 9.17) is 9.47 Å². The smallest absolute Gasteiger partial charge is 0.0830 e. The van der Waals surface area contributed by atoms with Crippen molar-refractivity contribution in [1.82, 2.24) is 5.32 Å². The Morgan fingerprint density at radius 2 is 2.20 bits per heavy atom. The standard InChI is InChI=1S/C12H25NO2/c1-11(2)13-7-4-3-5-8-15-12-6-9-14-10-12/h11-13H,3-10H2,1-2H3. The molecule has 1 heterocycles. The van der Waals surface area contributed by atoms with Gasteiger partial charge in [0.05, 0.1) is 12.7 Å². The summed E-state index contributed by atoms with van der Waals surface area (Å²) in [5, 5.41) is 3.42. The Morgan fingerprint density at radius 3 is 2.87 bits per heavy atom. The van der Waals surface area contributed by atoms with E-state index < -0.39 is 0 Å². The Labute approximate surface area is 93.5 Å². The molecule has 3 nitrogen and oxygen atoms in total. The van der Waals surface area contributed by atoms with Gasteiger partial charge in [-0.3, -0.25) is 0 Å². The first-order chi connectivity index (χ1) is 7.29. The number of ether oxygens (including phenoxy) is 2. The predicted molar refractivity (Wildman–Crippen MR) is 62.2 cm³/mol. The van der Waals surface area contributed by atoms with Gasteiger partial charge in [-0.25, -0.2) is 0 Å².